The van der Waals surface area contributed by atoms with Gasteiger partial charge in [-0.15, -0.1) is 0 Å². The minimum Gasteiger partial charge on any atom is -0.492 e. The zero-order chi connectivity index (χ0) is 19.1. The largest absolute Gasteiger partial charge is 0.492 e. The lowest BCUT2D eigenvalue weighted by Crippen LogP contribution is -2.49. The minimum atomic E-state index is 0.0235. The summed E-state index contributed by atoms with van der Waals surface area (Å²) >= 11 is 5.87. The number of aromatic nitrogens is 1. The SMILES string of the molecule is CCOc1cc(C(=O)N2CCN(CCOc3ccc(Cl)cc3)CC2)ccn1. The van der Waals surface area contributed by atoms with Gasteiger partial charge in [0.2, 0.25) is 5.88 Å². The van der Waals surface area contributed by atoms with Crippen molar-refractivity contribution in [2.75, 3.05) is 45.9 Å². The highest BCUT2D eigenvalue weighted by atomic mass is 35.5. The fraction of sp³-hybridized carbons (Fsp3) is 0.400. The van der Waals surface area contributed by atoms with Crippen molar-refractivity contribution in [1.29, 1.82) is 0 Å². The molecule has 2 heterocycles. The van der Waals surface area contributed by atoms with Gasteiger partial charge < -0.3 is 14.4 Å². The molecular weight excluding hydrogens is 366 g/mol. The molecule has 2 aromatic rings. The number of pyridine rings is 1. The molecule has 0 saturated carbocycles. The summed E-state index contributed by atoms with van der Waals surface area (Å²) in [5, 5.41) is 0.700. The molecule has 7 heteroatoms. The van der Waals surface area contributed by atoms with Gasteiger partial charge in [0, 0.05) is 55.6 Å². The van der Waals surface area contributed by atoms with Crippen LogP contribution in [0.3, 0.4) is 0 Å². The van der Waals surface area contributed by atoms with Crippen LogP contribution in [-0.2, 0) is 0 Å². The number of benzene rings is 1. The molecule has 144 valence electrons. The smallest absolute Gasteiger partial charge is 0.254 e. The Morgan fingerprint density at radius 2 is 1.85 bits per heavy atom. The quantitative estimate of drug-likeness (QED) is 0.728. The van der Waals surface area contributed by atoms with E-state index in [1.807, 2.05) is 36.1 Å². The lowest BCUT2D eigenvalue weighted by Gasteiger charge is -2.34. The Balaban J connectivity index is 1.43. The zero-order valence-corrected chi connectivity index (χ0v) is 16.2. The molecule has 0 aliphatic carbocycles. The zero-order valence-electron chi connectivity index (χ0n) is 15.4. The van der Waals surface area contributed by atoms with Crippen LogP contribution in [0.2, 0.25) is 5.02 Å². The van der Waals surface area contributed by atoms with Gasteiger partial charge in [0.25, 0.3) is 5.91 Å². The highest BCUT2D eigenvalue weighted by Gasteiger charge is 2.22. The van der Waals surface area contributed by atoms with E-state index in [4.69, 9.17) is 21.1 Å². The maximum absolute atomic E-state index is 12.7. The molecule has 1 aliphatic heterocycles. The maximum Gasteiger partial charge on any atom is 0.254 e. The van der Waals surface area contributed by atoms with E-state index in [2.05, 4.69) is 9.88 Å². The van der Waals surface area contributed by atoms with Gasteiger partial charge in [-0.2, -0.15) is 0 Å². The molecule has 0 atom stereocenters. The van der Waals surface area contributed by atoms with Crippen LogP contribution in [0.1, 0.15) is 17.3 Å². The van der Waals surface area contributed by atoms with E-state index in [-0.39, 0.29) is 5.91 Å². The molecule has 0 N–H and O–H groups in total. The third-order valence-corrected chi connectivity index (χ3v) is 4.68. The molecule has 3 rings (SSSR count). The predicted octanol–water partition coefficient (Wildman–Crippen LogP) is 2.97. The summed E-state index contributed by atoms with van der Waals surface area (Å²) in [7, 11) is 0. The summed E-state index contributed by atoms with van der Waals surface area (Å²) in [5.41, 5.74) is 0.618. The molecule has 1 fully saturated rings. The van der Waals surface area contributed by atoms with Gasteiger partial charge in [0.15, 0.2) is 0 Å². The molecule has 0 spiro atoms. The predicted molar refractivity (Wildman–Crippen MR) is 105 cm³/mol. The monoisotopic (exact) mass is 389 g/mol. The molecule has 6 nitrogen and oxygen atoms in total. The second-order valence-corrected chi connectivity index (χ2v) is 6.69. The molecule has 1 amide bonds. The van der Waals surface area contributed by atoms with E-state index in [9.17, 15) is 4.79 Å². The number of hydrogen-bond acceptors (Lipinski definition) is 5. The van der Waals surface area contributed by atoms with E-state index in [0.29, 0.717) is 42.8 Å². The van der Waals surface area contributed by atoms with E-state index < -0.39 is 0 Å². The molecule has 0 radical (unpaired) electrons. The van der Waals surface area contributed by atoms with Crippen LogP contribution in [0.15, 0.2) is 42.6 Å². The van der Waals surface area contributed by atoms with Crippen molar-refractivity contribution >= 4 is 17.5 Å². The van der Waals surface area contributed by atoms with Gasteiger partial charge in [-0.05, 0) is 37.3 Å². The normalized spacial score (nSPS) is 14.8. The van der Waals surface area contributed by atoms with Crippen LogP contribution in [0.5, 0.6) is 11.6 Å². The molecule has 1 aliphatic rings. The average Bonchev–Trinajstić information content (AvgIpc) is 2.70. The Kier molecular flexibility index (Phi) is 6.90. The number of carbonyl (C=O) groups excluding carboxylic acids is 1. The Hall–Kier alpha value is -2.31. The average molecular weight is 390 g/mol. The van der Waals surface area contributed by atoms with Crippen molar-refractivity contribution in [2.24, 2.45) is 0 Å². The molecule has 1 aromatic heterocycles. The number of hydrogen-bond donors (Lipinski definition) is 0. The van der Waals surface area contributed by atoms with Crippen molar-refractivity contribution < 1.29 is 14.3 Å². The number of rotatable bonds is 7. The molecule has 0 unspecified atom stereocenters. The van der Waals surface area contributed by atoms with Crippen LogP contribution in [0.4, 0.5) is 0 Å². The topological polar surface area (TPSA) is 54.9 Å². The lowest BCUT2D eigenvalue weighted by atomic mass is 10.2. The van der Waals surface area contributed by atoms with Crippen LogP contribution < -0.4 is 9.47 Å². The fourth-order valence-corrected chi connectivity index (χ4v) is 3.08. The second kappa shape index (κ2) is 9.58. The summed E-state index contributed by atoms with van der Waals surface area (Å²) in [5.74, 6) is 1.33. The minimum absolute atomic E-state index is 0.0235. The first-order chi connectivity index (χ1) is 13.2. The van der Waals surface area contributed by atoms with E-state index in [1.54, 1.807) is 18.3 Å². The van der Waals surface area contributed by atoms with Crippen LogP contribution in [0.25, 0.3) is 0 Å². The van der Waals surface area contributed by atoms with E-state index in [1.165, 1.54) is 0 Å². The fourth-order valence-electron chi connectivity index (χ4n) is 2.95. The van der Waals surface area contributed by atoms with E-state index >= 15 is 0 Å². The third kappa shape index (κ3) is 5.58. The Morgan fingerprint density at radius 1 is 1.11 bits per heavy atom. The molecule has 27 heavy (non-hydrogen) atoms. The molecule has 0 bridgehead atoms. The van der Waals surface area contributed by atoms with Crippen LogP contribution >= 0.6 is 11.6 Å². The maximum atomic E-state index is 12.7. The lowest BCUT2D eigenvalue weighted by molar-refractivity contribution is 0.0619. The van der Waals surface area contributed by atoms with Crippen molar-refractivity contribution in [2.45, 2.75) is 6.92 Å². The highest BCUT2D eigenvalue weighted by molar-refractivity contribution is 6.30. The number of nitrogens with zero attached hydrogens (tertiary/aromatic N) is 3. The molecule has 1 aromatic carbocycles. The van der Waals surface area contributed by atoms with Crippen LogP contribution in [0, 0.1) is 0 Å². The summed E-state index contributed by atoms with van der Waals surface area (Å²) in [6.07, 6.45) is 1.61. The third-order valence-electron chi connectivity index (χ3n) is 4.42. The first-order valence-electron chi connectivity index (χ1n) is 9.14. The van der Waals surface area contributed by atoms with Crippen molar-refractivity contribution in [3.8, 4) is 11.6 Å². The van der Waals surface area contributed by atoms with Gasteiger partial charge in [-0.3, -0.25) is 9.69 Å². The number of ether oxygens (including phenoxy) is 2. The van der Waals surface area contributed by atoms with Gasteiger partial charge in [-0.1, -0.05) is 11.6 Å². The summed E-state index contributed by atoms with van der Waals surface area (Å²) < 4.78 is 11.1. The Labute approximate surface area is 164 Å². The summed E-state index contributed by atoms with van der Waals surface area (Å²) in [6.45, 7) is 6.93. The van der Waals surface area contributed by atoms with E-state index in [0.717, 1.165) is 25.4 Å². The van der Waals surface area contributed by atoms with Crippen LogP contribution in [-0.4, -0.2) is 66.6 Å². The molecule has 1 saturated heterocycles. The first kappa shape index (κ1) is 19.5. The van der Waals surface area contributed by atoms with Gasteiger partial charge in [-0.25, -0.2) is 4.98 Å². The number of carbonyl (C=O) groups is 1. The second-order valence-electron chi connectivity index (χ2n) is 6.25. The number of halogens is 1. The van der Waals surface area contributed by atoms with Gasteiger partial charge >= 0.3 is 0 Å². The summed E-state index contributed by atoms with van der Waals surface area (Å²) in [6, 6.07) is 10.8. The Bertz CT molecular complexity index is 746. The van der Waals surface area contributed by atoms with Crippen molar-refractivity contribution in [3.05, 3.63) is 53.2 Å². The number of piperazine rings is 1. The molecular formula is C20H24ClN3O3. The summed E-state index contributed by atoms with van der Waals surface area (Å²) in [4.78, 5) is 21.0. The van der Waals surface area contributed by atoms with Gasteiger partial charge in [0.05, 0.1) is 6.61 Å². The standard InChI is InChI=1S/C20H24ClN3O3/c1-2-26-19-15-16(7-8-22-19)20(25)24-11-9-23(10-12-24)13-14-27-18-5-3-17(21)4-6-18/h3-8,15H,2,9-14H2,1H3. The first-order valence-corrected chi connectivity index (χ1v) is 9.52. The van der Waals surface area contributed by atoms with Crippen molar-refractivity contribution in [3.63, 3.8) is 0 Å². The van der Waals surface area contributed by atoms with Gasteiger partial charge in [0.1, 0.15) is 12.4 Å². The Morgan fingerprint density at radius 3 is 2.56 bits per heavy atom. The van der Waals surface area contributed by atoms with Crippen molar-refractivity contribution in [1.82, 2.24) is 14.8 Å². The number of amides is 1. The highest BCUT2D eigenvalue weighted by Crippen LogP contribution is 2.16.